The highest BCUT2D eigenvalue weighted by atomic mass is 35.5. The fraction of sp³-hybridized carbons (Fsp3) is 0.733. The Morgan fingerprint density at radius 1 is 1.33 bits per heavy atom. The summed E-state index contributed by atoms with van der Waals surface area (Å²) in [6.07, 6.45) is 6.62. The van der Waals surface area contributed by atoms with Crippen molar-refractivity contribution in [2.24, 2.45) is 0 Å². The maximum absolute atomic E-state index is 12.9. The van der Waals surface area contributed by atoms with Gasteiger partial charge in [-0.1, -0.05) is 20.3 Å². The highest BCUT2D eigenvalue weighted by Crippen LogP contribution is 2.28. The quantitative estimate of drug-likeness (QED) is 0.747. The van der Waals surface area contributed by atoms with Gasteiger partial charge in [-0.3, -0.25) is 0 Å². The van der Waals surface area contributed by atoms with Crippen molar-refractivity contribution in [1.82, 2.24) is 8.87 Å². The Labute approximate surface area is 133 Å². The minimum Gasteiger partial charge on any atom is -0.349 e. The van der Waals surface area contributed by atoms with Crippen LogP contribution in [0.2, 0.25) is 0 Å². The van der Waals surface area contributed by atoms with Crippen LogP contribution >= 0.6 is 11.6 Å². The second kappa shape index (κ2) is 7.16. The van der Waals surface area contributed by atoms with Crippen LogP contribution in [0.4, 0.5) is 0 Å². The van der Waals surface area contributed by atoms with E-state index in [9.17, 15) is 8.42 Å². The fourth-order valence-corrected chi connectivity index (χ4v) is 5.12. The van der Waals surface area contributed by atoms with Gasteiger partial charge >= 0.3 is 0 Å². The Bertz CT molecular complexity index is 568. The van der Waals surface area contributed by atoms with Crippen LogP contribution in [-0.4, -0.2) is 29.9 Å². The molecule has 1 saturated heterocycles. The molecular formula is C15H25ClN2O2S. The Balaban J connectivity index is 2.34. The van der Waals surface area contributed by atoms with Gasteiger partial charge in [0.1, 0.15) is 4.90 Å². The van der Waals surface area contributed by atoms with Crippen LogP contribution in [0.5, 0.6) is 0 Å². The molecule has 1 unspecified atom stereocenters. The van der Waals surface area contributed by atoms with Crippen LogP contribution in [0.3, 0.4) is 0 Å². The number of aryl methyl sites for hydroxylation is 1. The minimum absolute atomic E-state index is 0.137. The number of hydrogen-bond donors (Lipinski definition) is 0. The van der Waals surface area contributed by atoms with E-state index in [2.05, 4.69) is 13.8 Å². The highest BCUT2D eigenvalue weighted by Gasteiger charge is 2.33. The molecule has 1 aliphatic heterocycles. The normalized spacial score (nSPS) is 20.8. The van der Waals surface area contributed by atoms with Crippen LogP contribution in [-0.2, 0) is 22.4 Å². The van der Waals surface area contributed by atoms with Gasteiger partial charge in [0.2, 0.25) is 10.0 Å². The predicted octanol–water partition coefficient (Wildman–Crippen LogP) is 3.59. The van der Waals surface area contributed by atoms with Gasteiger partial charge in [-0.15, -0.1) is 11.6 Å². The molecule has 0 radical (unpaired) electrons. The summed E-state index contributed by atoms with van der Waals surface area (Å²) in [4.78, 5) is 0.395. The van der Waals surface area contributed by atoms with Crippen LogP contribution in [0, 0.1) is 0 Å². The minimum atomic E-state index is -3.40. The molecule has 1 atom stereocenters. The number of piperidine rings is 1. The number of hydrogen-bond acceptors (Lipinski definition) is 2. The first kappa shape index (κ1) is 16.8. The topological polar surface area (TPSA) is 42.3 Å². The zero-order valence-corrected chi connectivity index (χ0v) is 14.5. The van der Waals surface area contributed by atoms with Crippen molar-refractivity contribution in [1.29, 1.82) is 0 Å². The lowest BCUT2D eigenvalue weighted by Crippen LogP contribution is -2.43. The molecule has 4 nitrogen and oxygen atoms in total. The fourth-order valence-electron chi connectivity index (χ4n) is 3.06. The van der Waals surface area contributed by atoms with Gasteiger partial charge < -0.3 is 4.57 Å². The summed E-state index contributed by atoms with van der Waals surface area (Å²) >= 11 is 5.94. The van der Waals surface area contributed by atoms with E-state index in [0.717, 1.165) is 44.3 Å². The highest BCUT2D eigenvalue weighted by molar-refractivity contribution is 7.89. The van der Waals surface area contributed by atoms with Crippen molar-refractivity contribution < 1.29 is 8.42 Å². The Kier molecular flexibility index (Phi) is 5.74. The van der Waals surface area contributed by atoms with E-state index in [1.807, 2.05) is 4.57 Å². The van der Waals surface area contributed by atoms with Gasteiger partial charge in [-0.25, -0.2) is 8.42 Å². The molecule has 1 aliphatic rings. The average molecular weight is 333 g/mol. The van der Waals surface area contributed by atoms with Gasteiger partial charge in [0.15, 0.2) is 0 Å². The van der Waals surface area contributed by atoms with Crippen molar-refractivity contribution in [3.8, 4) is 0 Å². The van der Waals surface area contributed by atoms with Gasteiger partial charge in [0, 0.05) is 31.0 Å². The van der Waals surface area contributed by atoms with E-state index in [1.54, 1.807) is 16.6 Å². The van der Waals surface area contributed by atoms with Crippen molar-refractivity contribution in [2.75, 3.05) is 6.54 Å². The first-order valence-electron chi connectivity index (χ1n) is 7.81. The third-order valence-electron chi connectivity index (χ3n) is 4.21. The van der Waals surface area contributed by atoms with Crippen LogP contribution in [0.15, 0.2) is 17.2 Å². The molecule has 0 aliphatic carbocycles. The Morgan fingerprint density at radius 3 is 2.71 bits per heavy atom. The first-order valence-corrected chi connectivity index (χ1v) is 9.78. The van der Waals surface area contributed by atoms with Crippen LogP contribution in [0.25, 0.3) is 0 Å². The van der Waals surface area contributed by atoms with Crippen LogP contribution in [0.1, 0.15) is 51.6 Å². The molecule has 1 aromatic heterocycles. The summed E-state index contributed by atoms with van der Waals surface area (Å²) in [6.45, 7) is 5.57. The van der Waals surface area contributed by atoms with Gasteiger partial charge in [-0.05, 0) is 31.7 Å². The molecule has 6 heteroatoms. The number of nitrogens with zero attached hydrogens (tertiary/aromatic N) is 2. The van der Waals surface area contributed by atoms with Crippen molar-refractivity contribution in [3.63, 3.8) is 0 Å². The smallest absolute Gasteiger partial charge is 0.244 e. The summed E-state index contributed by atoms with van der Waals surface area (Å²) in [7, 11) is -3.40. The third-order valence-corrected chi connectivity index (χ3v) is 6.40. The lowest BCUT2D eigenvalue weighted by atomic mass is 10.0. The van der Waals surface area contributed by atoms with E-state index < -0.39 is 10.0 Å². The molecule has 0 aromatic carbocycles. The van der Waals surface area contributed by atoms with E-state index in [-0.39, 0.29) is 6.04 Å². The third kappa shape index (κ3) is 3.46. The van der Waals surface area contributed by atoms with E-state index in [4.69, 9.17) is 11.6 Å². The SMILES string of the molecule is CCCn1cc(S(=O)(=O)N2CCCCC2CC)cc1CCl. The molecule has 1 fully saturated rings. The van der Waals surface area contributed by atoms with E-state index in [0.29, 0.717) is 17.3 Å². The molecule has 0 amide bonds. The zero-order valence-electron chi connectivity index (χ0n) is 12.9. The molecule has 2 rings (SSSR count). The lowest BCUT2D eigenvalue weighted by molar-refractivity contribution is 0.246. The lowest BCUT2D eigenvalue weighted by Gasteiger charge is -2.33. The summed E-state index contributed by atoms with van der Waals surface area (Å²) in [5.41, 5.74) is 0.877. The Hall–Kier alpha value is -0.520. The number of aromatic nitrogens is 1. The number of sulfonamides is 1. The predicted molar refractivity (Wildman–Crippen MR) is 86.1 cm³/mol. The maximum Gasteiger partial charge on any atom is 0.244 e. The summed E-state index contributed by atoms with van der Waals surface area (Å²) in [5, 5.41) is 0. The number of rotatable bonds is 6. The van der Waals surface area contributed by atoms with Gasteiger partial charge in [-0.2, -0.15) is 4.31 Å². The molecule has 2 heterocycles. The molecule has 0 spiro atoms. The monoisotopic (exact) mass is 332 g/mol. The maximum atomic E-state index is 12.9. The average Bonchev–Trinajstić information content (AvgIpc) is 2.91. The summed E-state index contributed by atoms with van der Waals surface area (Å²) < 4.78 is 29.5. The Morgan fingerprint density at radius 2 is 2.10 bits per heavy atom. The molecule has 0 N–H and O–H groups in total. The molecule has 0 saturated carbocycles. The molecule has 1 aromatic rings. The van der Waals surface area contributed by atoms with E-state index >= 15 is 0 Å². The number of alkyl halides is 1. The standard InChI is InChI=1S/C15H25ClN2O2S/c1-3-8-17-12-15(10-14(17)11-16)21(19,20)18-9-6-5-7-13(18)4-2/h10,12-13H,3-9,11H2,1-2H3. The molecule has 21 heavy (non-hydrogen) atoms. The van der Waals surface area contributed by atoms with Gasteiger partial charge in [0.25, 0.3) is 0 Å². The molecular weight excluding hydrogens is 308 g/mol. The summed E-state index contributed by atoms with van der Waals surface area (Å²) in [5.74, 6) is 0.340. The zero-order chi connectivity index (χ0) is 15.5. The van der Waals surface area contributed by atoms with Crippen molar-refractivity contribution >= 4 is 21.6 Å². The second-order valence-corrected chi connectivity index (χ2v) is 7.83. The first-order chi connectivity index (χ1) is 10.0. The van der Waals surface area contributed by atoms with Crippen molar-refractivity contribution in [3.05, 3.63) is 18.0 Å². The number of halogens is 1. The second-order valence-electron chi connectivity index (χ2n) is 5.67. The van der Waals surface area contributed by atoms with Crippen molar-refractivity contribution in [2.45, 2.75) is 69.3 Å². The molecule has 0 bridgehead atoms. The van der Waals surface area contributed by atoms with E-state index in [1.165, 1.54) is 0 Å². The summed E-state index contributed by atoms with van der Waals surface area (Å²) in [6, 6.07) is 1.87. The molecule has 120 valence electrons. The van der Waals surface area contributed by atoms with Crippen LogP contribution < -0.4 is 0 Å². The largest absolute Gasteiger partial charge is 0.349 e. The van der Waals surface area contributed by atoms with Gasteiger partial charge in [0.05, 0.1) is 5.88 Å².